The number of aliphatic carboxylic acids is 4. The van der Waals surface area contributed by atoms with E-state index in [9.17, 15) is 0 Å². The van der Waals surface area contributed by atoms with E-state index in [1.165, 1.54) is 0 Å². The zero-order valence-corrected chi connectivity index (χ0v) is 13.0. The maximum absolute atomic E-state index is 9.00. The van der Waals surface area contributed by atoms with Crippen LogP contribution in [0.25, 0.3) is 0 Å². The number of nitrogens with two attached hydrogens (primary N) is 2. The summed E-state index contributed by atoms with van der Waals surface area (Å²) in [6.07, 6.45) is 0. The summed E-state index contributed by atoms with van der Waals surface area (Å²) in [7, 11) is 0. The molecule has 0 radical (unpaired) electrons. The van der Waals surface area contributed by atoms with Crippen molar-refractivity contribution in [3.63, 3.8) is 0 Å². The summed E-state index contributed by atoms with van der Waals surface area (Å²) >= 11 is 0. The molecule has 0 amide bonds. The van der Waals surface area contributed by atoms with Gasteiger partial charge in [-0.15, -0.1) is 0 Å². The second-order valence-electron chi connectivity index (χ2n) is 2.65. The van der Waals surface area contributed by atoms with Gasteiger partial charge >= 0.3 is 62.0 Å². The molecule has 0 fully saturated rings. The molecule has 0 aromatic carbocycles. The van der Waals surface area contributed by atoms with Gasteiger partial charge in [0.1, 0.15) is 0 Å². The van der Waals surface area contributed by atoms with Gasteiger partial charge in [0.2, 0.25) is 0 Å². The Kier molecular flexibility index (Phi) is 134. The van der Waals surface area contributed by atoms with Crippen LogP contribution in [0.1, 0.15) is 30.5 Å². The zero-order chi connectivity index (χ0) is 17.7. The molecule has 0 aliphatic rings. The van der Waals surface area contributed by atoms with Gasteiger partial charge in [-0.2, -0.15) is 0 Å². The fraction of sp³-hybridized carbons (Fsp3) is 0.600. The molecule has 0 heterocycles. The van der Waals surface area contributed by atoms with Crippen LogP contribution in [-0.2, 0) is 19.2 Å². The Bertz CT molecular complexity index is 212. The van der Waals surface area contributed by atoms with Gasteiger partial charge in [0.15, 0.2) is 0 Å². The predicted molar refractivity (Wildman–Crippen MR) is 95.1 cm³/mol. The van der Waals surface area contributed by atoms with Crippen molar-refractivity contribution < 1.29 is 53.4 Å². The SMILES string of the molecule is CC(=O)O.CC(=O)O.CC(=O)O.CC(=O)O.NCCN.O.O.[H+].[H+].[NaH].[NaH]. The molecule has 12 nitrogen and oxygen atoms in total. The molecule has 0 saturated carbocycles. The third-order valence-corrected chi connectivity index (χ3v) is 0.167. The number of rotatable bonds is 1. The number of carbonyl (C=O) groups is 4. The standard InChI is InChI=1S/C2H8N2.4C2H4O2.2Na.2H2O.2H/c3-1-2-4;4*1-2(3)4;;;;;;/h1-4H2;4*1H3,(H,3,4);;;2*1H2;;/p+2. The average Bonchev–Trinajstić information content (AvgIpc) is 2.13. The Morgan fingerprint density at radius 1 is 0.625 bits per heavy atom. The predicted octanol–water partition coefficient (Wildman–Crippen LogP) is -3.45. The summed E-state index contributed by atoms with van der Waals surface area (Å²) in [5.74, 6) is -3.33. The third-order valence-electron chi connectivity index (χ3n) is 0.167. The van der Waals surface area contributed by atoms with Crippen molar-refractivity contribution in [3.8, 4) is 0 Å². The van der Waals surface area contributed by atoms with Gasteiger partial charge in [-0.25, -0.2) is 0 Å². The molecule has 0 aliphatic carbocycles. The number of hydrogen-bond acceptors (Lipinski definition) is 6. The van der Waals surface area contributed by atoms with Crippen LogP contribution < -0.4 is 11.5 Å². The summed E-state index contributed by atoms with van der Waals surface area (Å²) in [5.41, 5.74) is 9.81. The molecule has 0 saturated heterocycles. The molecule has 14 heteroatoms. The van der Waals surface area contributed by atoms with E-state index in [4.69, 9.17) is 51.1 Å². The van der Waals surface area contributed by atoms with Crippen LogP contribution in [0.5, 0.6) is 0 Å². The molecule has 0 spiro atoms. The van der Waals surface area contributed by atoms with Crippen LogP contribution in [0.4, 0.5) is 0 Å². The molecule has 0 aromatic rings. The fourth-order valence-corrected chi connectivity index (χ4v) is 0. The van der Waals surface area contributed by atoms with Crippen molar-refractivity contribution in [1.29, 1.82) is 0 Å². The van der Waals surface area contributed by atoms with Gasteiger partial charge in [-0.05, 0) is 0 Å². The first-order valence-corrected chi connectivity index (χ1v) is 5.03. The molecular formula is C10H32N2Na2O10+2. The van der Waals surface area contributed by atoms with Crippen molar-refractivity contribution in [2.24, 2.45) is 11.5 Å². The first-order valence-electron chi connectivity index (χ1n) is 5.03. The van der Waals surface area contributed by atoms with E-state index in [0.29, 0.717) is 13.1 Å². The van der Waals surface area contributed by atoms with Gasteiger partial charge in [0.25, 0.3) is 23.9 Å². The van der Waals surface area contributed by atoms with Crippen LogP contribution >= 0.6 is 0 Å². The van der Waals surface area contributed by atoms with Crippen LogP contribution in [-0.4, -0.2) is 127 Å². The first-order chi connectivity index (χ1) is 8.84. The van der Waals surface area contributed by atoms with E-state index in [1.54, 1.807) is 0 Å². The average molecular weight is 386 g/mol. The number of carboxylic acid groups (broad SMARTS) is 4. The van der Waals surface area contributed by atoms with E-state index in [1.807, 2.05) is 0 Å². The van der Waals surface area contributed by atoms with E-state index < -0.39 is 23.9 Å². The van der Waals surface area contributed by atoms with Crippen LogP contribution in [0, 0.1) is 0 Å². The fourth-order valence-electron chi connectivity index (χ4n) is 0. The molecule has 12 N–H and O–H groups in total. The van der Waals surface area contributed by atoms with Gasteiger partial charge in [-0.1, -0.05) is 0 Å². The molecule has 0 aromatic heterocycles. The minimum absolute atomic E-state index is 0. The quantitative estimate of drug-likeness (QED) is 0.242. The van der Waals surface area contributed by atoms with Crippen LogP contribution in [0.15, 0.2) is 0 Å². The maximum atomic E-state index is 9.00. The molecule has 142 valence electrons. The third kappa shape index (κ3) is 18000. The van der Waals surface area contributed by atoms with Gasteiger partial charge in [-0.3, -0.25) is 19.2 Å². The molecular weight excluding hydrogens is 354 g/mol. The zero-order valence-electron chi connectivity index (χ0n) is 15.0. The Balaban J connectivity index is -0.0000000114. The van der Waals surface area contributed by atoms with Gasteiger partial charge < -0.3 is 42.8 Å². The summed E-state index contributed by atoms with van der Waals surface area (Å²) < 4.78 is 0. The van der Waals surface area contributed by atoms with E-state index >= 15 is 0 Å². The Hall–Kier alpha value is -0.280. The van der Waals surface area contributed by atoms with Gasteiger partial charge in [0, 0.05) is 40.8 Å². The van der Waals surface area contributed by atoms with Crippen molar-refractivity contribution in [2.45, 2.75) is 27.7 Å². The second kappa shape index (κ2) is 56.9. The van der Waals surface area contributed by atoms with Crippen molar-refractivity contribution in [2.75, 3.05) is 13.1 Å². The topological polar surface area (TPSA) is 264 Å². The van der Waals surface area contributed by atoms with E-state index in [-0.39, 0.29) is 72.9 Å². The van der Waals surface area contributed by atoms with Crippen LogP contribution in [0.2, 0.25) is 0 Å². The van der Waals surface area contributed by atoms with Crippen molar-refractivity contribution in [3.05, 3.63) is 0 Å². The summed E-state index contributed by atoms with van der Waals surface area (Å²) in [6, 6.07) is 0. The minimum atomic E-state index is -0.833. The number of hydrogen-bond donors (Lipinski definition) is 6. The van der Waals surface area contributed by atoms with Crippen LogP contribution in [0.3, 0.4) is 0 Å². The second-order valence-corrected chi connectivity index (χ2v) is 2.65. The molecule has 0 bridgehead atoms. The molecule has 24 heavy (non-hydrogen) atoms. The monoisotopic (exact) mass is 386 g/mol. The molecule has 0 rings (SSSR count). The Labute approximate surface area is 187 Å². The van der Waals surface area contributed by atoms with E-state index in [2.05, 4.69) is 0 Å². The normalized spacial score (nSPS) is 5.42. The Morgan fingerprint density at radius 2 is 0.667 bits per heavy atom. The summed E-state index contributed by atoms with van der Waals surface area (Å²) in [5, 5.41) is 29.7. The molecule has 0 unspecified atom stereocenters. The summed E-state index contributed by atoms with van der Waals surface area (Å²) in [6.45, 7) is 5.53. The summed E-state index contributed by atoms with van der Waals surface area (Å²) in [4.78, 5) is 36.0. The molecule has 0 aliphatic heterocycles. The Morgan fingerprint density at radius 3 is 0.667 bits per heavy atom. The van der Waals surface area contributed by atoms with E-state index in [0.717, 1.165) is 27.7 Å². The van der Waals surface area contributed by atoms with Crippen molar-refractivity contribution in [1.82, 2.24) is 0 Å². The van der Waals surface area contributed by atoms with Crippen molar-refractivity contribution >= 4 is 83.0 Å². The molecule has 0 atom stereocenters. The van der Waals surface area contributed by atoms with Gasteiger partial charge in [0.05, 0.1) is 0 Å². The first kappa shape index (κ1) is 56.5. The number of carboxylic acids is 4.